The second-order valence-electron chi connectivity index (χ2n) is 5.72. The maximum absolute atomic E-state index is 12.5. The Kier molecular flexibility index (Phi) is 4.07. The van der Waals surface area contributed by atoms with Gasteiger partial charge in [0.25, 0.3) is 5.91 Å². The lowest BCUT2D eigenvalue weighted by Gasteiger charge is -2.11. The van der Waals surface area contributed by atoms with Crippen molar-refractivity contribution in [2.75, 3.05) is 0 Å². The standard InChI is InChI=1S/C17H18N4O3/c1-10-5-4-6-11(2)13(10)8-18-16(22)14-7-12(9-21(14)3)15-19-17(23)24-20-15/h4-7,9H,8H2,1-3H3,(H,18,22)(H,19,20,23). The molecule has 3 rings (SSSR count). The van der Waals surface area contributed by atoms with Gasteiger partial charge in [0.05, 0.1) is 0 Å². The summed E-state index contributed by atoms with van der Waals surface area (Å²) in [4.78, 5) is 26.0. The second-order valence-corrected chi connectivity index (χ2v) is 5.72. The molecule has 1 amide bonds. The zero-order chi connectivity index (χ0) is 17.3. The third kappa shape index (κ3) is 3.01. The van der Waals surface area contributed by atoms with Crippen LogP contribution in [0.5, 0.6) is 0 Å². The van der Waals surface area contributed by atoms with E-state index >= 15 is 0 Å². The van der Waals surface area contributed by atoms with Crippen molar-refractivity contribution in [1.82, 2.24) is 20.0 Å². The number of nitrogens with one attached hydrogen (secondary N) is 2. The first kappa shape index (κ1) is 15.8. The lowest BCUT2D eigenvalue weighted by atomic mass is 10.0. The Morgan fingerprint density at radius 2 is 2.04 bits per heavy atom. The molecule has 24 heavy (non-hydrogen) atoms. The van der Waals surface area contributed by atoms with Gasteiger partial charge < -0.3 is 9.88 Å². The van der Waals surface area contributed by atoms with Crippen molar-refractivity contribution >= 4 is 5.91 Å². The molecule has 0 fully saturated rings. The minimum atomic E-state index is -0.630. The second kappa shape index (κ2) is 6.19. The van der Waals surface area contributed by atoms with E-state index < -0.39 is 5.76 Å². The molecular weight excluding hydrogens is 308 g/mol. The number of hydrogen-bond donors (Lipinski definition) is 2. The van der Waals surface area contributed by atoms with Crippen molar-refractivity contribution in [2.24, 2.45) is 7.05 Å². The monoisotopic (exact) mass is 326 g/mol. The first-order valence-electron chi connectivity index (χ1n) is 7.51. The molecule has 2 aromatic heterocycles. The topological polar surface area (TPSA) is 92.9 Å². The molecule has 124 valence electrons. The first-order valence-corrected chi connectivity index (χ1v) is 7.51. The van der Waals surface area contributed by atoms with Crippen LogP contribution in [-0.2, 0) is 13.6 Å². The van der Waals surface area contributed by atoms with Crippen LogP contribution in [0, 0.1) is 13.8 Å². The molecule has 1 aromatic carbocycles. The number of nitrogens with zero attached hydrogens (tertiary/aromatic N) is 2. The summed E-state index contributed by atoms with van der Waals surface area (Å²) < 4.78 is 6.17. The van der Waals surface area contributed by atoms with Crippen molar-refractivity contribution < 1.29 is 9.32 Å². The van der Waals surface area contributed by atoms with Crippen LogP contribution in [0.1, 0.15) is 27.2 Å². The number of H-pyrrole nitrogens is 1. The summed E-state index contributed by atoms with van der Waals surface area (Å²) in [5.74, 6) is -0.531. The normalized spacial score (nSPS) is 10.8. The Hall–Kier alpha value is -3.09. The molecule has 0 bridgehead atoms. The maximum Gasteiger partial charge on any atom is 0.439 e. The van der Waals surface area contributed by atoms with Gasteiger partial charge in [-0.3, -0.25) is 14.3 Å². The quantitative estimate of drug-likeness (QED) is 0.766. The van der Waals surface area contributed by atoms with E-state index in [-0.39, 0.29) is 5.91 Å². The van der Waals surface area contributed by atoms with Crippen molar-refractivity contribution in [3.8, 4) is 11.4 Å². The fourth-order valence-electron chi connectivity index (χ4n) is 2.66. The lowest BCUT2D eigenvalue weighted by molar-refractivity contribution is 0.0942. The third-order valence-electron chi connectivity index (χ3n) is 4.02. The fourth-order valence-corrected chi connectivity index (χ4v) is 2.66. The molecule has 0 saturated carbocycles. The summed E-state index contributed by atoms with van der Waals surface area (Å²) in [6.45, 7) is 4.50. The van der Waals surface area contributed by atoms with E-state index in [2.05, 4.69) is 20.0 Å². The smallest absolute Gasteiger partial charge is 0.347 e. The summed E-state index contributed by atoms with van der Waals surface area (Å²) in [7, 11) is 1.76. The number of carbonyl (C=O) groups excluding carboxylic acids is 1. The van der Waals surface area contributed by atoms with Gasteiger partial charge in [0, 0.05) is 25.4 Å². The predicted molar refractivity (Wildman–Crippen MR) is 88.6 cm³/mol. The molecule has 7 nitrogen and oxygen atoms in total. The molecule has 2 heterocycles. The van der Waals surface area contributed by atoms with Crippen LogP contribution in [-0.4, -0.2) is 20.6 Å². The molecule has 2 N–H and O–H groups in total. The van der Waals surface area contributed by atoms with Gasteiger partial charge in [-0.25, -0.2) is 4.79 Å². The van der Waals surface area contributed by atoms with Crippen LogP contribution in [0.3, 0.4) is 0 Å². The maximum atomic E-state index is 12.5. The average molecular weight is 326 g/mol. The molecule has 0 saturated heterocycles. The fraction of sp³-hybridized carbons (Fsp3) is 0.235. The number of aromatic nitrogens is 3. The molecule has 0 atom stereocenters. The average Bonchev–Trinajstić information content (AvgIpc) is 3.12. The molecule has 0 spiro atoms. The highest BCUT2D eigenvalue weighted by Gasteiger charge is 2.15. The van der Waals surface area contributed by atoms with Crippen LogP contribution in [0.25, 0.3) is 11.4 Å². The van der Waals surface area contributed by atoms with Crippen molar-refractivity contribution in [1.29, 1.82) is 0 Å². The van der Waals surface area contributed by atoms with Crippen LogP contribution >= 0.6 is 0 Å². The van der Waals surface area contributed by atoms with E-state index in [1.54, 1.807) is 23.9 Å². The van der Waals surface area contributed by atoms with Gasteiger partial charge in [-0.05, 0) is 36.6 Å². The SMILES string of the molecule is Cc1cccc(C)c1CNC(=O)c1cc(-c2noc(=O)[nH]2)cn1C. The number of amides is 1. The van der Waals surface area contributed by atoms with Gasteiger partial charge in [0.1, 0.15) is 5.69 Å². The number of carbonyl (C=O) groups is 1. The molecule has 3 aromatic rings. The van der Waals surface area contributed by atoms with E-state index in [4.69, 9.17) is 0 Å². The van der Waals surface area contributed by atoms with Gasteiger partial charge in [-0.2, -0.15) is 0 Å². The molecule has 0 radical (unpaired) electrons. The van der Waals surface area contributed by atoms with Gasteiger partial charge in [0.15, 0.2) is 5.82 Å². The Bertz CT molecular complexity index is 929. The van der Waals surface area contributed by atoms with Crippen LogP contribution in [0.4, 0.5) is 0 Å². The van der Waals surface area contributed by atoms with Crippen LogP contribution in [0.2, 0.25) is 0 Å². The lowest BCUT2D eigenvalue weighted by Crippen LogP contribution is -2.25. The highest BCUT2D eigenvalue weighted by atomic mass is 16.5. The number of rotatable bonds is 4. The Labute approximate surface area is 138 Å². The molecule has 7 heteroatoms. The minimum absolute atomic E-state index is 0.197. The summed E-state index contributed by atoms with van der Waals surface area (Å²) in [5.41, 5.74) is 4.48. The molecule has 0 aliphatic carbocycles. The van der Waals surface area contributed by atoms with Crippen molar-refractivity contribution in [3.63, 3.8) is 0 Å². The Morgan fingerprint density at radius 3 is 2.67 bits per heavy atom. The van der Waals surface area contributed by atoms with Crippen molar-refractivity contribution in [2.45, 2.75) is 20.4 Å². The van der Waals surface area contributed by atoms with Gasteiger partial charge in [-0.15, -0.1) is 0 Å². The van der Waals surface area contributed by atoms with Crippen molar-refractivity contribution in [3.05, 3.63) is 63.4 Å². The summed E-state index contributed by atoms with van der Waals surface area (Å²) >= 11 is 0. The molecular formula is C17H18N4O3. The highest BCUT2D eigenvalue weighted by molar-refractivity contribution is 5.94. The van der Waals surface area contributed by atoms with E-state index in [0.717, 1.165) is 16.7 Å². The largest absolute Gasteiger partial charge is 0.439 e. The van der Waals surface area contributed by atoms with Gasteiger partial charge in [-0.1, -0.05) is 23.4 Å². The number of hydrogen-bond acceptors (Lipinski definition) is 4. The van der Waals surface area contributed by atoms with Crippen LogP contribution < -0.4 is 11.1 Å². The minimum Gasteiger partial charge on any atom is -0.347 e. The Morgan fingerprint density at radius 1 is 1.33 bits per heavy atom. The number of aryl methyl sites for hydroxylation is 3. The van der Waals surface area contributed by atoms with E-state index in [0.29, 0.717) is 23.6 Å². The van der Waals surface area contributed by atoms with Gasteiger partial charge in [0.2, 0.25) is 0 Å². The molecule has 0 unspecified atom stereocenters. The van der Waals surface area contributed by atoms with E-state index in [1.807, 2.05) is 32.0 Å². The summed E-state index contributed by atoms with van der Waals surface area (Å²) in [5, 5.41) is 6.56. The molecule has 0 aliphatic rings. The summed E-state index contributed by atoms with van der Waals surface area (Å²) in [6.07, 6.45) is 1.71. The number of benzene rings is 1. The van der Waals surface area contributed by atoms with E-state index in [9.17, 15) is 9.59 Å². The van der Waals surface area contributed by atoms with E-state index in [1.165, 1.54) is 0 Å². The number of aromatic amines is 1. The Balaban J connectivity index is 1.78. The van der Waals surface area contributed by atoms with Gasteiger partial charge >= 0.3 is 5.76 Å². The third-order valence-corrected chi connectivity index (χ3v) is 4.02. The van der Waals surface area contributed by atoms with Crippen LogP contribution in [0.15, 0.2) is 39.8 Å². The molecule has 0 aliphatic heterocycles. The first-order chi connectivity index (χ1) is 11.5. The highest BCUT2D eigenvalue weighted by Crippen LogP contribution is 2.17. The summed E-state index contributed by atoms with van der Waals surface area (Å²) in [6, 6.07) is 7.71. The zero-order valence-corrected chi connectivity index (χ0v) is 13.7. The predicted octanol–water partition coefficient (Wildman–Crippen LogP) is 1.92. The zero-order valence-electron chi connectivity index (χ0n) is 13.7.